The number of carbonyl (C=O) groups is 1. The second-order valence-corrected chi connectivity index (χ2v) is 8.48. The number of ether oxygens (including phenoxy) is 1. The van der Waals surface area contributed by atoms with E-state index in [2.05, 4.69) is 46.3 Å². The summed E-state index contributed by atoms with van der Waals surface area (Å²) in [7, 11) is 1.72. The normalized spacial score (nSPS) is 30.5. The summed E-state index contributed by atoms with van der Waals surface area (Å²) in [5, 5.41) is 3.07. The van der Waals surface area contributed by atoms with Crippen LogP contribution in [0.5, 0.6) is 5.75 Å². The first-order valence-electron chi connectivity index (χ1n) is 10.6. The molecule has 5 heteroatoms. The predicted octanol–water partition coefficient (Wildman–Crippen LogP) is 3.66. The van der Waals surface area contributed by atoms with Crippen LogP contribution in [-0.2, 0) is 0 Å². The van der Waals surface area contributed by atoms with Crippen LogP contribution >= 0.6 is 0 Å². The maximum atomic E-state index is 12.5. The summed E-state index contributed by atoms with van der Waals surface area (Å²) >= 11 is 0. The van der Waals surface area contributed by atoms with Crippen molar-refractivity contribution in [3.63, 3.8) is 0 Å². The van der Waals surface area contributed by atoms with E-state index >= 15 is 0 Å². The van der Waals surface area contributed by atoms with Gasteiger partial charge < -0.3 is 15.0 Å². The first kappa shape index (κ1) is 18.6. The highest BCUT2D eigenvalue weighted by atomic mass is 16.5. The molecule has 1 N–H and O–H groups in total. The van der Waals surface area contributed by atoms with E-state index < -0.39 is 0 Å². The molecule has 0 aliphatic carbocycles. The van der Waals surface area contributed by atoms with Gasteiger partial charge in [-0.05, 0) is 61.6 Å². The van der Waals surface area contributed by atoms with Gasteiger partial charge in [0.1, 0.15) is 5.75 Å². The van der Waals surface area contributed by atoms with Crippen molar-refractivity contribution in [2.45, 2.75) is 51.1 Å². The van der Waals surface area contributed by atoms with Crippen molar-refractivity contribution < 1.29 is 9.53 Å². The van der Waals surface area contributed by atoms with Crippen LogP contribution in [-0.4, -0.2) is 55.2 Å². The van der Waals surface area contributed by atoms with Gasteiger partial charge in [-0.15, -0.1) is 0 Å². The highest BCUT2D eigenvalue weighted by Gasteiger charge is 2.45. The number of piperidine rings is 3. The third-order valence-corrected chi connectivity index (χ3v) is 6.70. The number of carbonyl (C=O) groups excluding carboxylic acids is 1. The molecule has 5 nitrogen and oxygen atoms in total. The average molecular weight is 372 g/mol. The summed E-state index contributed by atoms with van der Waals surface area (Å²) in [6.45, 7) is 5.83. The van der Waals surface area contributed by atoms with Gasteiger partial charge in [-0.1, -0.05) is 19.1 Å². The zero-order valence-corrected chi connectivity index (χ0v) is 16.7. The zero-order chi connectivity index (χ0) is 18.8. The minimum atomic E-state index is 0.141. The van der Waals surface area contributed by atoms with Crippen LogP contribution in [0.25, 0.3) is 0 Å². The Balaban J connectivity index is 1.48. The molecule has 0 radical (unpaired) electrons. The monoisotopic (exact) mass is 371 g/mol. The number of benzene rings is 1. The second-order valence-electron chi connectivity index (χ2n) is 8.48. The predicted molar refractivity (Wildman–Crippen MR) is 107 cm³/mol. The van der Waals surface area contributed by atoms with Crippen molar-refractivity contribution in [3.8, 4) is 5.75 Å². The SMILES string of the molecule is CCCNC(=O)N1C[C@@H]2C[C@H](C1)[C@@H]1CCC[C@H](c3ccc(OC)cc3)N1C2. The van der Waals surface area contributed by atoms with Crippen molar-refractivity contribution in [1.29, 1.82) is 0 Å². The Labute approximate surface area is 163 Å². The molecule has 2 amide bonds. The summed E-state index contributed by atoms with van der Waals surface area (Å²) in [5.41, 5.74) is 1.41. The molecule has 3 fully saturated rings. The topological polar surface area (TPSA) is 44.8 Å². The van der Waals surface area contributed by atoms with E-state index in [4.69, 9.17) is 4.74 Å². The van der Waals surface area contributed by atoms with E-state index in [0.717, 1.165) is 38.3 Å². The van der Waals surface area contributed by atoms with Gasteiger partial charge in [0.2, 0.25) is 0 Å². The summed E-state index contributed by atoms with van der Waals surface area (Å²) in [4.78, 5) is 17.3. The Morgan fingerprint density at radius 3 is 2.74 bits per heavy atom. The lowest BCUT2D eigenvalue weighted by Crippen LogP contribution is -2.61. The van der Waals surface area contributed by atoms with Crippen molar-refractivity contribution >= 4 is 6.03 Å². The zero-order valence-electron chi connectivity index (χ0n) is 16.7. The van der Waals surface area contributed by atoms with Gasteiger partial charge in [-0.3, -0.25) is 4.90 Å². The number of rotatable bonds is 4. The summed E-state index contributed by atoms with van der Waals surface area (Å²) in [6, 6.07) is 9.92. The molecule has 0 spiro atoms. The maximum Gasteiger partial charge on any atom is 0.317 e. The van der Waals surface area contributed by atoms with E-state index in [1.165, 1.54) is 31.2 Å². The molecular weight excluding hydrogens is 338 g/mol. The van der Waals surface area contributed by atoms with Crippen LogP contribution in [0.2, 0.25) is 0 Å². The second kappa shape index (κ2) is 8.09. The van der Waals surface area contributed by atoms with E-state index in [1.54, 1.807) is 7.11 Å². The fraction of sp³-hybridized carbons (Fsp3) is 0.682. The number of fused-ring (bicyclic) bond motifs is 4. The van der Waals surface area contributed by atoms with Crippen molar-refractivity contribution in [3.05, 3.63) is 29.8 Å². The smallest absolute Gasteiger partial charge is 0.317 e. The molecule has 27 heavy (non-hydrogen) atoms. The van der Waals surface area contributed by atoms with E-state index in [-0.39, 0.29) is 6.03 Å². The lowest BCUT2D eigenvalue weighted by molar-refractivity contribution is -0.0482. The molecule has 0 aromatic heterocycles. The summed E-state index contributed by atoms with van der Waals surface area (Å²) < 4.78 is 5.33. The third-order valence-electron chi connectivity index (χ3n) is 6.70. The maximum absolute atomic E-state index is 12.5. The minimum Gasteiger partial charge on any atom is -0.497 e. The quantitative estimate of drug-likeness (QED) is 0.878. The average Bonchev–Trinajstić information content (AvgIpc) is 2.71. The van der Waals surface area contributed by atoms with Gasteiger partial charge in [-0.25, -0.2) is 4.79 Å². The number of nitrogens with zero attached hydrogens (tertiary/aromatic N) is 2. The molecule has 0 saturated carbocycles. The first-order chi connectivity index (χ1) is 13.2. The third kappa shape index (κ3) is 3.79. The fourth-order valence-corrected chi connectivity index (χ4v) is 5.50. The molecule has 148 valence electrons. The molecule has 3 aliphatic rings. The van der Waals surface area contributed by atoms with Crippen LogP contribution in [0, 0.1) is 11.8 Å². The van der Waals surface area contributed by atoms with Crippen molar-refractivity contribution in [2.75, 3.05) is 33.3 Å². The summed E-state index contributed by atoms with van der Waals surface area (Å²) in [6.07, 6.45) is 6.07. The molecule has 4 rings (SSSR count). The molecular formula is C22H33N3O2. The largest absolute Gasteiger partial charge is 0.497 e. The number of likely N-dealkylation sites (tertiary alicyclic amines) is 1. The molecule has 3 saturated heterocycles. The Bertz CT molecular complexity index is 647. The standard InChI is InChI=1S/C22H33N3O2/c1-3-11-23-22(26)24-13-16-12-18(15-24)21-6-4-5-20(25(21)14-16)17-7-9-19(27-2)10-8-17/h7-10,16,18,20-21H,3-6,11-15H2,1-2H3,(H,23,26)/t16-,18+,20+,21-/m0/s1. The number of hydrogen-bond donors (Lipinski definition) is 1. The summed E-state index contributed by atoms with van der Waals surface area (Å²) in [5.74, 6) is 2.15. The van der Waals surface area contributed by atoms with E-state index in [9.17, 15) is 4.79 Å². The highest BCUT2D eigenvalue weighted by molar-refractivity contribution is 5.74. The number of hydrogen-bond acceptors (Lipinski definition) is 3. The number of amides is 2. The molecule has 2 bridgehead atoms. The molecule has 4 atom stereocenters. The lowest BCUT2D eigenvalue weighted by Gasteiger charge is -2.55. The Hall–Kier alpha value is -1.75. The van der Waals surface area contributed by atoms with E-state index in [1.807, 2.05) is 0 Å². The number of urea groups is 1. The van der Waals surface area contributed by atoms with Crippen LogP contribution in [0.3, 0.4) is 0 Å². The van der Waals surface area contributed by atoms with Gasteiger partial charge in [0.05, 0.1) is 7.11 Å². The van der Waals surface area contributed by atoms with Gasteiger partial charge in [0, 0.05) is 38.3 Å². The molecule has 0 unspecified atom stereocenters. The fourth-order valence-electron chi connectivity index (χ4n) is 5.50. The Morgan fingerprint density at radius 2 is 2.00 bits per heavy atom. The Morgan fingerprint density at radius 1 is 1.19 bits per heavy atom. The van der Waals surface area contributed by atoms with Gasteiger partial charge in [-0.2, -0.15) is 0 Å². The first-order valence-corrected chi connectivity index (χ1v) is 10.6. The number of nitrogens with one attached hydrogen (secondary N) is 1. The minimum absolute atomic E-state index is 0.141. The van der Waals surface area contributed by atoms with Crippen LogP contribution in [0.4, 0.5) is 4.79 Å². The van der Waals surface area contributed by atoms with Gasteiger partial charge in [0.25, 0.3) is 0 Å². The van der Waals surface area contributed by atoms with Crippen LogP contribution in [0.15, 0.2) is 24.3 Å². The molecule has 1 aromatic rings. The molecule has 3 aliphatic heterocycles. The van der Waals surface area contributed by atoms with Crippen LogP contribution in [0.1, 0.15) is 50.6 Å². The molecule has 1 aromatic carbocycles. The lowest BCUT2D eigenvalue weighted by atomic mass is 9.74. The molecule has 3 heterocycles. The van der Waals surface area contributed by atoms with E-state index in [0.29, 0.717) is 23.9 Å². The highest BCUT2D eigenvalue weighted by Crippen LogP contribution is 2.44. The van der Waals surface area contributed by atoms with Crippen LogP contribution < -0.4 is 10.1 Å². The van der Waals surface area contributed by atoms with Gasteiger partial charge >= 0.3 is 6.03 Å². The van der Waals surface area contributed by atoms with Crippen molar-refractivity contribution in [2.24, 2.45) is 11.8 Å². The van der Waals surface area contributed by atoms with Gasteiger partial charge in [0.15, 0.2) is 0 Å². The Kier molecular flexibility index (Phi) is 5.58. The number of methoxy groups -OCH3 is 1. The van der Waals surface area contributed by atoms with Crippen molar-refractivity contribution in [1.82, 2.24) is 15.1 Å².